The Morgan fingerprint density at radius 1 is 1.17 bits per heavy atom. The van der Waals surface area contributed by atoms with Crippen LogP contribution in [0.15, 0.2) is 57.6 Å². The number of halogens is 2. The van der Waals surface area contributed by atoms with Gasteiger partial charge < -0.3 is 9.88 Å². The van der Waals surface area contributed by atoms with Crippen molar-refractivity contribution in [2.24, 2.45) is 0 Å². The lowest BCUT2D eigenvalue weighted by Gasteiger charge is -2.09. The standard InChI is InChI=1S/C17H12Br2N2O2/c18-12-5-6-14(19)15(7-12)20-17(23)9-21-8-11(10-22)13-3-1-2-4-16(13)21/h1-8,10H,9H2,(H,20,23). The summed E-state index contributed by atoms with van der Waals surface area (Å²) < 4.78 is 3.46. The molecule has 0 aliphatic rings. The van der Waals surface area contributed by atoms with E-state index < -0.39 is 0 Å². The highest BCUT2D eigenvalue weighted by Crippen LogP contribution is 2.26. The smallest absolute Gasteiger partial charge is 0.244 e. The number of fused-ring (bicyclic) bond motifs is 1. The summed E-state index contributed by atoms with van der Waals surface area (Å²) >= 11 is 6.79. The summed E-state index contributed by atoms with van der Waals surface area (Å²) in [6.45, 7) is 0.132. The van der Waals surface area contributed by atoms with Gasteiger partial charge in [-0.05, 0) is 40.2 Å². The molecule has 1 N–H and O–H groups in total. The molecular formula is C17H12Br2N2O2. The monoisotopic (exact) mass is 434 g/mol. The molecule has 0 saturated carbocycles. The number of benzene rings is 2. The number of aromatic nitrogens is 1. The molecule has 1 amide bonds. The van der Waals surface area contributed by atoms with Crippen molar-refractivity contribution < 1.29 is 9.59 Å². The molecule has 1 heterocycles. The number of aldehydes is 1. The lowest BCUT2D eigenvalue weighted by atomic mass is 10.2. The minimum absolute atomic E-state index is 0.132. The van der Waals surface area contributed by atoms with E-state index in [0.717, 1.165) is 26.1 Å². The first-order valence-electron chi connectivity index (χ1n) is 6.86. The number of rotatable bonds is 4. The summed E-state index contributed by atoms with van der Waals surface area (Å²) in [6, 6.07) is 13.1. The van der Waals surface area contributed by atoms with E-state index in [2.05, 4.69) is 37.2 Å². The van der Waals surface area contributed by atoms with Crippen LogP contribution in [0.4, 0.5) is 5.69 Å². The first-order valence-corrected chi connectivity index (χ1v) is 8.45. The lowest BCUT2D eigenvalue weighted by molar-refractivity contribution is -0.116. The van der Waals surface area contributed by atoms with Gasteiger partial charge in [-0.2, -0.15) is 0 Å². The van der Waals surface area contributed by atoms with Crippen molar-refractivity contribution in [3.05, 3.63) is 63.2 Å². The Morgan fingerprint density at radius 3 is 2.74 bits per heavy atom. The molecule has 0 radical (unpaired) electrons. The van der Waals surface area contributed by atoms with Gasteiger partial charge in [0.2, 0.25) is 5.91 Å². The number of hydrogen-bond acceptors (Lipinski definition) is 2. The van der Waals surface area contributed by atoms with Gasteiger partial charge in [-0.1, -0.05) is 34.1 Å². The number of hydrogen-bond donors (Lipinski definition) is 1. The first kappa shape index (κ1) is 16.0. The zero-order valence-corrected chi connectivity index (χ0v) is 15.1. The average molecular weight is 436 g/mol. The van der Waals surface area contributed by atoms with Crippen molar-refractivity contribution in [1.29, 1.82) is 0 Å². The van der Waals surface area contributed by atoms with Crippen molar-refractivity contribution in [1.82, 2.24) is 4.57 Å². The molecule has 0 saturated heterocycles. The normalized spacial score (nSPS) is 10.7. The average Bonchev–Trinajstić information content (AvgIpc) is 2.89. The topological polar surface area (TPSA) is 51.1 Å². The number of para-hydroxylation sites is 1. The summed E-state index contributed by atoms with van der Waals surface area (Å²) in [4.78, 5) is 23.5. The number of nitrogens with one attached hydrogen (secondary N) is 1. The highest BCUT2D eigenvalue weighted by Gasteiger charge is 2.11. The van der Waals surface area contributed by atoms with Gasteiger partial charge in [0.25, 0.3) is 0 Å². The van der Waals surface area contributed by atoms with E-state index in [9.17, 15) is 9.59 Å². The fourth-order valence-corrected chi connectivity index (χ4v) is 3.14. The fourth-order valence-electron chi connectivity index (χ4n) is 2.44. The number of anilines is 1. The second-order valence-corrected chi connectivity index (χ2v) is 6.79. The van der Waals surface area contributed by atoms with Crippen molar-refractivity contribution in [3.63, 3.8) is 0 Å². The number of carbonyl (C=O) groups is 2. The number of amides is 1. The van der Waals surface area contributed by atoms with Gasteiger partial charge in [0.15, 0.2) is 6.29 Å². The van der Waals surface area contributed by atoms with E-state index in [-0.39, 0.29) is 12.5 Å². The molecule has 3 rings (SSSR count). The van der Waals surface area contributed by atoms with Gasteiger partial charge in [-0.3, -0.25) is 9.59 Å². The SMILES string of the molecule is O=Cc1cn(CC(=O)Nc2cc(Br)ccc2Br)c2ccccc12. The molecule has 3 aromatic rings. The first-order chi connectivity index (χ1) is 11.1. The molecule has 6 heteroatoms. The Bertz CT molecular complexity index is 903. The highest BCUT2D eigenvalue weighted by atomic mass is 79.9. The molecule has 0 aliphatic heterocycles. The largest absolute Gasteiger partial charge is 0.337 e. The molecule has 1 aromatic heterocycles. The zero-order chi connectivity index (χ0) is 16.4. The second-order valence-electron chi connectivity index (χ2n) is 5.02. The van der Waals surface area contributed by atoms with Gasteiger partial charge in [0.1, 0.15) is 6.54 Å². The summed E-state index contributed by atoms with van der Waals surface area (Å²) in [5.74, 6) is -0.165. The van der Waals surface area contributed by atoms with E-state index in [4.69, 9.17) is 0 Å². The Morgan fingerprint density at radius 2 is 1.96 bits per heavy atom. The molecule has 0 bridgehead atoms. The molecule has 0 atom stereocenters. The molecule has 0 spiro atoms. The third-order valence-corrected chi connectivity index (χ3v) is 4.65. The van der Waals surface area contributed by atoms with Crippen LogP contribution < -0.4 is 5.32 Å². The third-order valence-electron chi connectivity index (χ3n) is 3.46. The van der Waals surface area contributed by atoms with E-state index in [0.29, 0.717) is 11.3 Å². The maximum absolute atomic E-state index is 12.3. The summed E-state index contributed by atoms with van der Waals surface area (Å²) in [7, 11) is 0. The van der Waals surface area contributed by atoms with Crippen LogP contribution in [-0.2, 0) is 11.3 Å². The molecule has 23 heavy (non-hydrogen) atoms. The van der Waals surface area contributed by atoms with E-state index >= 15 is 0 Å². The summed E-state index contributed by atoms with van der Waals surface area (Å²) in [6.07, 6.45) is 2.51. The molecule has 4 nitrogen and oxygen atoms in total. The van der Waals surface area contributed by atoms with Crippen molar-refractivity contribution in [3.8, 4) is 0 Å². The van der Waals surface area contributed by atoms with Crippen LogP contribution in [0.3, 0.4) is 0 Å². The van der Waals surface area contributed by atoms with Gasteiger partial charge in [-0.25, -0.2) is 0 Å². The van der Waals surface area contributed by atoms with Crippen molar-refractivity contribution in [2.75, 3.05) is 5.32 Å². The van der Waals surface area contributed by atoms with E-state index in [1.54, 1.807) is 10.8 Å². The predicted molar refractivity (Wildman–Crippen MR) is 97.8 cm³/mol. The minimum Gasteiger partial charge on any atom is -0.337 e. The van der Waals surface area contributed by atoms with Gasteiger partial charge in [-0.15, -0.1) is 0 Å². The van der Waals surface area contributed by atoms with Gasteiger partial charge in [0.05, 0.1) is 5.69 Å². The van der Waals surface area contributed by atoms with Gasteiger partial charge >= 0.3 is 0 Å². The summed E-state index contributed by atoms with van der Waals surface area (Å²) in [5.41, 5.74) is 2.13. The maximum Gasteiger partial charge on any atom is 0.244 e. The number of nitrogens with zero attached hydrogens (tertiary/aromatic N) is 1. The second kappa shape index (κ2) is 6.68. The Balaban J connectivity index is 1.86. The van der Waals surface area contributed by atoms with Crippen LogP contribution in [0.1, 0.15) is 10.4 Å². The molecular weight excluding hydrogens is 424 g/mol. The third kappa shape index (κ3) is 3.38. The van der Waals surface area contributed by atoms with Crippen LogP contribution in [-0.4, -0.2) is 16.8 Å². The minimum atomic E-state index is -0.165. The van der Waals surface area contributed by atoms with Crippen LogP contribution in [0.25, 0.3) is 10.9 Å². The van der Waals surface area contributed by atoms with Crippen molar-refractivity contribution in [2.45, 2.75) is 6.54 Å². The maximum atomic E-state index is 12.3. The number of carbonyl (C=O) groups excluding carboxylic acids is 2. The Hall–Kier alpha value is -1.92. The summed E-state index contributed by atoms with van der Waals surface area (Å²) in [5, 5.41) is 3.71. The van der Waals surface area contributed by atoms with Crippen LogP contribution in [0.5, 0.6) is 0 Å². The van der Waals surface area contributed by atoms with Crippen LogP contribution in [0, 0.1) is 0 Å². The predicted octanol–water partition coefficient (Wildman–Crippen LogP) is 4.62. The quantitative estimate of drug-likeness (QED) is 0.608. The molecule has 2 aromatic carbocycles. The van der Waals surface area contributed by atoms with Gasteiger partial charge in [0, 0.05) is 31.6 Å². The zero-order valence-electron chi connectivity index (χ0n) is 11.9. The molecule has 0 aliphatic carbocycles. The van der Waals surface area contributed by atoms with Crippen LogP contribution in [0.2, 0.25) is 0 Å². The molecule has 116 valence electrons. The van der Waals surface area contributed by atoms with Crippen LogP contribution >= 0.6 is 31.9 Å². The van der Waals surface area contributed by atoms with E-state index in [1.807, 2.05) is 42.5 Å². The lowest BCUT2D eigenvalue weighted by Crippen LogP contribution is -2.18. The molecule has 0 unspecified atom stereocenters. The molecule has 0 fully saturated rings. The Kier molecular flexibility index (Phi) is 4.63. The highest BCUT2D eigenvalue weighted by molar-refractivity contribution is 9.11. The Labute approximate surface area is 149 Å². The van der Waals surface area contributed by atoms with E-state index in [1.165, 1.54) is 0 Å². The van der Waals surface area contributed by atoms with Crippen molar-refractivity contribution >= 4 is 60.6 Å². The fraction of sp³-hybridized carbons (Fsp3) is 0.0588.